The first kappa shape index (κ1) is 19.5. The molecule has 4 rings (SSSR count). The molecule has 0 aliphatic heterocycles. The molecule has 0 aliphatic rings. The molecule has 0 spiro atoms. The molecular weight excluding hydrogens is 389 g/mol. The molecule has 3 heterocycles. The Labute approximate surface area is 170 Å². The summed E-state index contributed by atoms with van der Waals surface area (Å²) >= 11 is 0. The van der Waals surface area contributed by atoms with Gasteiger partial charge in [-0.3, -0.25) is 9.48 Å². The second-order valence-corrected chi connectivity index (χ2v) is 6.84. The highest BCUT2D eigenvalue weighted by molar-refractivity contribution is 6.05. The highest BCUT2D eigenvalue weighted by Gasteiger charge is 2.19. The van der Waals surface area contributed by atoms with Gasteiger partial charge in [0.15, 0.2) is 5.65 Å². The predicted octanol–water partition coefficient (Wildman–Crippen LogP) is 2.31. The van der Waals surface area contributed by atoms with E-state index in [0.717, 1.165) is 5.39 Å². The van der Waals surface area contributed by atoms with Crippen molar-refractivity contribution in [2.24, 2.45) is 7.05 Å². The summed E-state index contributed by atoms with van der Waals surface area (Å²) in [5.41, 5.74) is 2.84. The Kier molecular flexibility index (Phi) is 5.12. The van der Waals surface area contributed by atoms with E-state index in [-0.39, 0.29) is 31.0 Å². The number of fused-ring (bicyclic) bond motifs is 2. The Morgan fingerprint density at radius 1 is 1.47 bits per heavy atom. The zero-order valence-corrected chi connectivity index (χ0v) is 16.3. The summed E-state index contributed by atoms with van der Waals surface area (Å²) in [6.45, 7) is 1.96. The second kappa shape index (κ2) is 7.88. The molecule has 30 heavy (non-hydrogen) atoms. The zero-order valence-electron chi connectivity index (χ0n) is 16.3. The van der Waals surface area contributed by atoms with Crippen LogP contribution in [0.25, 0.3) is 33.5 Å². The number of H-pyrrole nitrogens is 1. The lowest BCUT2D eigenvalue weighted by molar-refractivity contribution is 0.0890. The van der Waals surface area contributed by atoms with E-state index in [9.17, 15) is 9.18 Å². The minimum absolute atomic E-state index is 0.0376. The van der Waals surface area contributed by atoms with Gasteiger partial charge in [0.25, 0.3) is 5.91 Å². The van der Waals surface area contributed by atoms with Crippen molar-refractivity contribution in [3.05, 3.63) is 42.0 Å². The third kappa shape index (κ3) is 3.58. The van der Waals surface area contributed by atoms with E-state index in [1.807, 2.05) is 6.07 Å². The van der Waals surface area contributed by atoms with Gasteiger partial charge in [-0.1, -0.05) is 0 Å². The third-order valence-corrected chi connectivity index (χ3v) is 4.59. The van der Waals surface area contributed by atoms with Crippen LogP contribution < -0.4 is 5.32 Å². The van der Waals surface area contributed by atoms with Crippen LogP contribution in [0.5, 0.6) is 0 Å². The number of carbonyl (C=O) groups is 1. The smallest absolute Gasteiger partial charge is 0.255 e. The molecule has 0 saturated heterocycles. The summed E-state index contributed by atoms with van der Waals surface area (Å²) in [5.74, 6) is -0.690. The predicted molar refractivity (Wildman–Crippen MR) is 107 cm³/mol. The summed E-state index contributed by atoms with van der Waals surface area (Å²) in [7, 11) is 1.72. The molecule has 1 aromatic carbocycles. The lowest BCUT2D eigenvalue weighted by atomic mass is 10.1. The molecule has 0 radical (unpaired) electrons. The molecule has 1 atom stereocenters. The maximum absolute atomic E-state index is 13.6. The Balaban J connectivity index is 1.67. The number of halogens is 1. The van der Waals surface area contributed by atoms with Crippen LogP contribution in [-0.2, 0) is 11.8 Å². The van der Waals surface area contributed by atoms with Crippen LogP contribution in [0.15, 0.2) is 30.6 Å². The number of hydrogen-bond acceptors (Lipinski definition) is 6. The van der Waals surface area contributed by atoms with Crippen LogP contribution >= 0.6 is 0 Å². The molecule has 2 N–H and O–H groups in total. The topological polar surface area (TPSA) is 122 Å². The largest absolute Gasteiger partial charge is 0.364 e. The van der Waals surface area contributed by atoms with Gasteiger partial charge in [-0.05, 0) is 25.1 Å². The fraction of sp³-hybridized carbons (Fsp3) is 0.250. The maximum Gasteiger partial charge on any atom is 0.255 e. The number of hydrogen-bond donors (Lipinski definition) is 2. The average molecular weight is 407 g/mol. The van der Waals surface area contributed by atoms with Crippen molar-refractivity contribution < 1.29 is 13.9 Å². The van der Waals surface area contributed by atoms with Crippen molar-refractivity contribution in [3.63, 3.8) is 0 Å². The number of aromatic nitrogens is 5. The van der Waals surface area contributed by atoms with Gasteiger partial charge in [0.1, 0.15) is 29.3 Å². The first-order valence-electron chi connectivity index (χ1n) is 9.20. The molecule has 0 aliphatic carbocycles. The van der Waals surface area contributed by atoms with Gasteiger partial charge >= 0.3 is 0 Å². The number of carbonyl (C=O) groups excluding carboxylic acids is 1. The number of nitrogens with one attached hydrogen (secondary N) is 2. The van der Waals surface area contributed by atoms with E-state index < -0.39 is 0 Å². The normalized spacial score (nSPS) is 12.2. The van der Waals surface area contributed by atoms with Crippen LogP contribution in [0.1, 0.15) is 17.3 Å². The van der Waals surface area contributed by atoms with Gasteiger partial charge in [0.2, 0.25) is 0 Å². The summed E-state index contributed by atoms with van der Waals surface area (Å²) in [4.78, 5) is 24.6. The molecule has 9 nitrogen and oxygen atoms in total. The Morgan fingerprint density at radius 3 is 3.10 bits per heavy atom. The molecular formula is C20H18FN7O2. The van der Waals surface area contributed by atoms with Gasteiger partial charge in [-0.25, -0.2) is 14.4 Å². The van der Waals surface area contributed by atoms with Gasteiger partial charge in [0, 0.05) is 24.7 Å². The van der Waals surface area contributed by atoms with Gasteiger partial charge in [-0.2, -0.15) is 10.4 Å². The molecule has 0 saturated carbocycles. The van der Waals surface area contributed by atoms with Gasteiger partial charge in [-0.15, -0.1) is 0 Å². The number of benzene rings is 1. The second-order valence-electron chi connectivity index (χ2n) is 6.84. The number of aryl methyl sites for hydroxylation is 1. The molecule has 4 aromatic rings. The quantitative estimate of drug-likeness (QED) is 0.473. The summed E-state index contributed by atoms with van der Waals surface area (Å²) in [5, 5.41) is 16.5. The van der Waals surface area contributed by atoms with Gasteiger partial charge < -0.3 is 15.0 Å². The van der Waals surface area contributed by atoms with E-state index in [0.29, 0.717) is 33.6 Å². The number of rotatable bonds is 6. The first-order chi connectivity index (χ1) is 14.5. The lowest BCUT2D eigenvalue weighted by Gasteiger charge is -2.12. The number of aromatic amines is 1. The van der Waals surface area contributed by atoms with Crippen LogP contribution in [0.2, 0.25) is 0 Å². The monoisotopic (exact) mass is 407 g/mol. The summed E-state index contributed by atoms with van der Waals surface area (Å²) in [6, 6.07) is 6.01. The van der Waals surface area contributed by atoms with Crippen LogP contribution in [0.3, 0.4) is 0 Å². The minimum atomic E-state index is -0.351. The van der Waals surface area contributed by atoms with Crippen molar-refractivity contribution in [3.8, 4) is 17.5 Å². The van der Waals surface area contributed by atoms with Gasteiger partial charge in [0.05, 0.1) is 30.0 Å². The third-order valence-electron chi connectivity index (χ3n) is 4.59. The summed E-state index contributed by atoms with van der Waals surface area (Å²) < 4.78 is 20.3. The summed E-state index contributed by atoms with van der Waals surface area (Å²) in [6.07, 6.45) is 3.10. The van der Waals surface area contributed by atoms with E-state index in [1.165, 1.54) is 12.1 Å². The molecule has 10 heteroatoms. The SMILES string of the molecule is C[C@@H](COCC#N)NC(=O)c1c[nH]c2ncc(-c3nn(C)c4cc(F)ccc34)nc12. The highest BCUT2D eigenvalue weighted by Crippen LogP contribution is 2.28. The van der Waals surface area contributed by atoms with Crippen molar-refractivity contribution >= 4 is 28.0 Å². The maximum atomic E-state index is 13.6. The lowest BCUT2D eigenvalue weighted by Crippen LogP contribution is -2.35. The van der Waals surface area contributed by atoms with Crippen molar-refractivity contribution in [1.82, 2.24) is 30.0 Å². The van der Waals surface area contributed by atoms with Crippen LogP contribution in [0, 0.1) is 17.1 Å². The highest BCUT2D eigenvalue weighted by atomic mass is 19.1. The number of nitriles is 1. The molecule has 152 valence electrons. The first-order valence-corrected chi connectivity index (χ1v) is 9.20. The minimum Gasteiger partial charge on any atom is -0.364 e. The number of ether oxygens (including phenoxy) is 1. The fourth-order valence-corrected chi connectivity index (χ4v) is 3.22. The zero-order chi connectivity index (χ0) is 21.3. The Hall–Kier alpha value is -3.84. The van der Waals surface area contributed by atoms with Crippen molar-refractivity contribution in [2.75, 3.05) is 13.2 Å². The molecule has 0 unspecified atom stereocenters. The van der Waals surface area contributed by atoms with E-state index in [2.05, 4.69) is 25.4 Å². The number of amides is 1. The average Bonchev–Trinajstić information content (AvgIpc) is 3.29. The van der Waals surface area contributed by atoms with Crippen LogP contribution in [-0.4, -0.2) is 49.9 Å². The molecule has 0 bridgehead atoms. The standard InChI is InChI=1S/C20H18FN7O2/c1-11(10-30-6-5-22)25-20(29)14-8-23-19-18(14)26-15(9-24-19)17-13-4-3-12(21)7-16(13)28(2)27-17/h3-4,7-9,11H,6,10H2,1-2H3,(H,23,24)(H,25,29)/t11-/m0/s1. The van der Waals surface area contributed by atoms with E-state index in [4.69, 9.17) is 10.00 Å². The van der Waals surface area contributed by atoms with E-state index >= 15 is 0 Å². The van der Waals surface area contributed by atoms with Crippen molar-refractivity contribution in [2.45, 2.75) is 13.0 Å². The fourth-order valence-electron chi connectivity index (χ4n) is 3.22. The number of nitrogens with zero attached hydrogens (tertiary/aromatic N) is 5. The molecule has 3 aromatic heterocycles. The Morgan fingerprint density at radius 2 is 2.30 bits per heavy atom. The Bertz CT molecular complexity index is 1290. The van der Waals surface area contributed by atoms with Crippen LogP contribution in [0.4, 0.5) is 4.39 Å². The molecule has 0 fully saturated rings. The van der Waals surface area contributed by atoms with Crippen molar-refractivity contribution in [1.29, 1.82) is 5.26 Å². The molecule has 1 amide bonds. The van der Waals surface area contributed by atoms with E-state index in [1.54, 1.807) is 37.1 Å².